The van der Waals surface area contributed by atoms with E-state index < -0.39 is 0 Å². The zero-order chi connectivity index (χ0) is 17.5. The largest absolute Gasteiger partial charge is 0.352 e. The maximum atomic E-state index is 11.9. The molecule has 0 unspecified atom stereocenters. The van der Waals surface area contributed by atoms with E-state index in [2.05, 4.69) is 20.7 Å². The Morgan fingerprint density at radius 2 is 1.83 bits per heavy atom. The van der Waals surface area contributed by atoms with Crippen LogP contribution in [0.2, 0.25) is 0 Å². The first-order chi connectivity index (χ1) is 11.5. The lowest BCUT2D eigenvalue weighted by Crippen LogP contribution is -2.36. The zero-order valence-corrected chi connectivity index (χ0v) is 14.6. The van der Waals surface area contributed by atoms with Crippen molar-refractivity contribution in [2.45, 2.75) is 13.1 Å². The Balaban J connectivity index is 1.87. The van der Waals surface area contributed by atoms with Gasteiger partial charge in [-0.05, 0) is 23.8 Å². The lowest BCUT2D eigenvalue weighted by Gasteiger charge is -2.13. The Morgan fingerprint density at radius 3 is 2.38 bits per heavy atom. The number of benzene rings is 1. The third-order valence-electron chi connectivity index (χ3n) is 3.65. The van der Waals surface area contributed by atoms with Gasteiger partial charge in [0.15, 0.2) is 5.96 Å². The number of aliphatic imine (C=N–C) groups is 1. The monoisotopic (exact) mass is 328 g/mol. The van der Waals surface area contributed by atoms with Crippen molar-refractivity contribution in [3.63, 3.8) is 0 Å². The maximum absolute atomic E-state index is 11.9. The van der Waals surface area contributed by atoms with E-state index in [0.29, 0.717) is 24.6 Å². The minimum Gasteiger partial charge on any atom is -0.352 e. The van der Waals surface area contributed by atoms with Crippen LogP contribution in [0.5, 0.6) is 0 Å². The average molecular weight is 328 g/mol. The van der Waals surface area contributed by atoms with Crippen molar-refractivity contribution in [1.29, 1.82) is 0 Å². The van der Waals surface area contributed by atoms with Crippen LogP contribution >= 0.6 is 0 Å². The molecule has 7 heteroatoms. The Labute approximate surface area is 142 Å². The Kier molecular flexibility index (Phi) is 5.95. The predicted molar refractivity (Wildman–Crippen MR) is 94.7 cm³/mol. The van der Waals surface area contributed by atoms with E-state index in [1.165, 1.54) is 0 Å². The highest BCUT2D eigenvalue weighted by molar-refractivity contribution is 5.93. The molecule has 0 bridgehead atoms. The second-order valence-corrected chi connectivity index (χ2v) is 5.62. The molecule has 2 aromatic rings. The van der Waals surface area contributed by atoms with Crippen molar-refractivity contribution >= 4 is 11.9 Å². The van der Waals surface area contributed by atoms with Gasteiger partial charge in [-0.3, -0.25) is 14.5 Å². The summed E-state index contributed by atoms with van der Waals surface area (Å²) in [5, 5.41) is 10.6. The molecular formula is C17H24N6O. The van der Waals surface area contributed by atoms with Crippen LogP contribution in [0.15, 0.2) is 41.5 Å². The van der Waals surface area contributed by atoms with Gasteiger partial charge in [-0.15, -0.1) is 0 Å². The highest BCUT2D eigenvalue weighted by atomic mass is 16.2. The summed E-state index contributed by atoms with van der Waals surface area (Å²) < 4.78 is 1.82. The van der Waals surface area contributed by atoms with Gasteiger partial charge in [0.2, 0.25) is 0 Å². The molecule has 0 aliphatic rings. The fraction of sp³-hybridized carbons (Fsp3) is 0.353. The zero-order valence-electron chi connectivity index (χ0n) is 14.6. The Morgan fingerprint density at radius 1 is 1.17 bits per heavy atom. The smallest absolute Gasteiger partial charge is 0.253 e. The van der Waals surface area contributed by atoms with Crippen LogP contribution in [-0.2, 0) is 20.1 Å². The van der Waals surface area contributed by atoms with Gasteiger partial charge in [-0.25, -0.2) is 0 Å². The Hall–Kier alpha value is -2.83. The molecule has 1 amide bonds. The minimum atomic E-state index is 0.00293. The topological polar surface area (TPSA) is 74.6 Å². The van der Waals surface area contributed by atoms with E-state index in [4.69, 9.17) is 0 Å². The molecular weight excluding hydrogens is 304 g/mol. The summed E-state index contributed by atoms with van der Waals surface area (Å²) in [5.74, 6) is 0.716. The standard InChI is InChI=1S/C17H24N6O/c1-18-17(20-12-15-9-10-21-23(15)4)19-11-13-5-7-14(8-6-13)16(24)22(2)3/h5-10H,11-12H2,1-4H3,(H2,18,19,20). The summed E-state index contributed by atoms with van der Waals surface area (Å²) in [6, 6.07) is 9.52. The highest BCUT2D eigenvalue weighted by Gasteiger charge is 2.07. The van der Waals surface area contributed by atoms with Gasteiger partial charge in [-0.1, -0.05) is 12.1 Å². The first-order valence-corrected chi connectivity index (χ1v) is 7.73. The molecule has 7 nitrogen and oxygen atoms in total. The first kappa shape index (κ1) is 17.5. The number of rotatable bonds is 5. The summed E-state index contributed by atoms with van der Waals surface area (Å²) in [6.07, 6.45) is 1.77. The van der Waals surface area contributed by atoms with Gasteiger partial charge >= 0.3 is 0 Å². The molecule has 0 saturated carbocycles. The third kappa shape index (κ3) is 4.58. The molecule has 24 heavy (non-hydrogen) atoms. The van der Waals surface area contributed by atoms with Gasteiger partial charge in [0, 0.05) is 46.5 Å². The van der Waals surface area contributed by atoms with E-state index in [1.54, 1.807) is 32.2 Å². The van der Waals surface area contributed by atoms with Crippen LogP contribution in [0.3, 0.4) is 0 Å². The van der Waals surface area contributed by atoms with Gasteiger partial charge in [-0.2, -0.15) is 5.10 Å². The number of carbonyl (C=O) groups is 1. The maximum Gasteiger partial charge on any atom is 0.253 e. The number of nitrogens with one attached hydrogen (secondary N) is 2. The SMILES string of the molecule is CN=C(NCc1ccc(C(=O)N(C)C)cc1)NCc1ccnn1C. The highest BCUT2D eigenvalue weighted by Crippen LogP contribution is 2.06. The predicted octanol–water partition coefficient (Wildman–Crippen LogP) is 0.987. The summed E-state index contributed by atoms with van der Waals surface area (Å²) in [5.41, 5.74) is 2.83. The molecule has 1 heterocycles. The first-order valence-electron chi connectivity index (χ1n) is 7.73. The lowest BCUT2D eigenvalue weighted by molar-refractivity contribution is 0.0827. The molecule has 0 aliphatic carbocycles. The quantitative estimate of drug-likeness (QED) is 0.634. The number of carbonyl (C=O) groups excluding carboxylic acids is 1. The van der Waals surface area contributed by atoms with Gasteiger partial charge in [0.25, 0.3) is 5.91 Å². The van der Waals surface area contributed by atoms with Crippen LogP contribution in [0.4, 0.5) is 0 Å². The number of guanidine groups is 1. The van der Waals surface area contributed by atoms with E-state index >= 15 is 0 Å². The van der Waals surface area contributed by atoms with E-state index in [1.807, 2.05) is 42.1 Å². The van der Waals surface area contributed by atoms with Crippen molar-refractivity contribution in [3.8, 4) is 0 Å². The molecule has 0 fully saturated rings. The molecule has 0 atom stereocenters. The molecule has 1 aromatic carbocycles. The second kappa shape index (κ2) is 8.14. The number of nitrogens with zero attached hydrogens (tertiary/aromatic N) is 4. The second-order valence-electron chi connectivity index (χ2n) is 5.62. The van der Waals surface area contributed by atoms with Gasteiger partial charge in [0.05, 0.1) is 12.2 Å². The normalized spacial score (nSPS) is 11.2. The number of hydrogen-bond donors (Lipinski definition) is 2. The van der Waals surface area contributed by atoms with Crippen molar-refractivity contribution in [1.82, 2.24) is 25.3 Å². The van der Waals surface area contributed by atoms with Crippen LogP contribution in [-0.4, -0.2) is 47.7 Å². The molecule has 0 radical (unpaired) electrons. The fourth-order valence-electron chi connectivity index (χ4n) is 2.18. The number of hydrogen-bond acceptors (Lipinski definition) is 3. The molecule has 2 N–H and O–H groups in total. The summed E-state index contributed by atoms with van der Waals surface area (Å²) in [4.78, 5) is 17.6. The third-order valence-corrected chi connectivity index (χ3v) is 3.65. The van der Waals surface area contributed by atoms with Crippen molar-refractivity contribution in [2.75, 3.05) is 21.1 Å². The summed E-state index contributed by atoms with van der Waals surface area (Å²) >= 11 is 0. The number of aromatic nitrogens is 2. The van der Waals surface area contributed by atoms with E-state index in [9.17, 15) is 4.79 Å². The fourth-order valence-corrected chi connectivity index (χ4v) is 2.18. The van der Waals surface area contributed by atoms with Crippen LogP contribution in [0.25, 0.3) is 0 Å². The molecule has 128 valence electrons. The van der Waals surface area contributed by atoms with E-state index in [-0.39, 0.29) is 5.91 Å². The Bertz CT molecular complexity index is 702. The van der Waals surface area contributed by atoms with Gasteiger partial charge < -0.3 is 15.5 Å². The van der Waals surface area contributed by atoms with Crippen LogP contribution in [0, 0.1) is 0 Å². The van der Waals surface area contributed by atoms with E-state index in [0.717, 1.165) is 11.3 Å². The summed E-state index contributed by atoms with van der Waals surface area (Å²) in [7, 11) is 7.13. The van der Waals surface area contributed by atoms with Crippen LogP contribution in [0.1, 0.15) is 21.6 Å². The molecule has 1 aromatic heterocycles. The van der Waals surface area contributed by atoms with Crippen molar-refractivity contribution in [3.05, 3.63) is 53.3 Å². The van der Waals surface area contributed by atoms with Crippen molar-refractivity contribution < 1.29 is 4.79 Å². The van der Waals surface area contributed by atoms with Crippen molar-refractivity contribution in [2.24, 2.45) is 12.0 Å². The lowest BCUT2D eigenvalue weighted by atomic mass is 10.1. The number of amides is 1. The van der Waals surface area contributed by atoms with Gasteiger partial charge in [0.1, 0.15) is 0 Å². The minimum absolute atomic E-state index is 0.00293. The average Bonchev–Trinajstić information content (AvgIpc) is 3.00. The number of aryl methyl sites for hydroxylation is 1. The molecule has 0 aliphatic heterocycles. The van der Waals surface area contributed by atoms with Crippen LogP contribution < -0.4 is 10.6 Å². The molecule has 0 spiro atoms. The summed E-state index contributed by atoms with van der Waals surface area (Å²) in [6.45, 7) is 1.27. The molecule has 2 rings (SSSR count). The molecule has 0 saturated heterocycles.